The molecule has 20 heavy (non-hydrogen) atoms. The molecule has 6 heteroatoms. The monoisotopic (exact) mass is 275 g/mol. The number of carbonyl (C=O) groups is 1. The minimum Gasteiger partial charge on any atom is -0.397 e. The summed E-state index contributed by atoms with van der Waals surface area (Å²) in [5.74, 6) is 0.254. The number of para-hydroxylation sites is 2. The summed E-state index contributed by atoms with van der Waals surface area (Å²) >= 11 is 0. The second-order valence-corrected chi connectivity index (χ2v) is 4.22. The van der Waals surface area contributed by atoms with Gasteiger partial charge in [0.15, 0.2) is 11.5 Å². The Hall–Kier alpha value is -2.34. The minimum atomic E-state index is -0.253. The van der Waals surface area contributed by atoms with Crippen molar-refractivity contribution >= 4 is 17.3 Å². The van der Waals surface area contributed by atoms with E-state index in [1.54, 1.807) is 30.2 Å². The summed E-state index contributed by atoms with van der Waals surface area (Å²) in [5, 5.41) is 3.77. The van der Waals surface area contributed by atoms with Crippen molar-refractivity contribution in [3.63, 3.8) is 0 Å². The fourth-order valence-electron chi connectivity index (χ4n) is 1.92. The summed E-state index contributed by atoms with van der Waals surface area (Å²) < 4.78 is 9.97. The van der Waals surface area contributed by atoms with Crippen molar-refractivity contribution in [3.05, 3.63) is 41.8 Å². The molecule has 2 rings (SSSR count). The molecule has 0 aliphatic heterocycles. The Morgan fingerprint density at radius 1 is 1.45 bits per heavy atom. The number of benzene rings is 1. The number of rotatable bonds is 5. The molecule has 1 aromatic carbocycles. The second kappa shape index (κ2) is 6.21. The number of ether oxygens (including phenoxy) is 1. The van der Waals surface area contributed by atoms with Crippen molar-refractivity contribution in [1.82, 2.24) is 5.16 Å². The van der Waals surface area contributed by atoms with Crippen LogP contribution in [0, 0.1) is 0 Å². The molecule has 0 aliphatic carbocycles. The van der Waals surface area contributed by atoms with Crippen LogP contribution in [0.3, 0.4) is 0 Å². The van der Waals surface area contributed by atoms with Crippen molar-refractivity contribution in [1.29, 1.82) is 0 Å². The van der Waals surface area contributed by atoms with Crippen LogP contribution in [0.15, 0.2) is 34.9 Å². The van der Waals surface area contributed by atoms with Gasteiger partial charge >= 0.3 is 0 Å². The minimum absolute atomic E-state index is 0.238. The first-order valence-corrected chi connectivity index (χ1v) is 6.28. The normalized spacial score (nSPS) is 10.5. The Morgan fingerprint density at radius 2 is 2.20 bits per heavy atom. The fraction of sp³-hybridized carbons (Fsp3) is 0.286. The highest BCUT2D eigenvalue weighted by Crippen LogP contribution is 2.24. The van der Waals surface area contributed by atoms with Gasteiger partial charge in [-0.2, -0.15) is 0 Å². The largest absolute Gasteiger partial charge is 0.397 e. The van der Waals surface area contributed by atoms with Crippen LogP contribution in [0.2, 0.25) is 0 Å². The molecule has 0 spiro atoms. The lowest BCUT2D eigenvalue weighted by Crippen LogP contribution is -2.31. The number of carbonyl (C=O) groups excluding carboxylic acids is 1. The highest BCUT2D eigenvalue weighted by Gasteiger charge is 2.21. The third-order valence-corrected chi connectivity index (χ3v) is 2.85. The van der Waals surface area contributed by atoms with E-state index in [0.29, 0.717) is 23.7 Å². The van der Waals surface area contributed by atoms with Crippen LogP contribution >= 0.6 is 0 Å². The lowest BCUT2D eigenvalue weighted by molar-refractivity contribution is 0.0979. The van der Waals surface area contributed by atoms with Crippen LogP contribution in [0.1, 0.15) is 23.2 Å². The molecule has 0 fully saturated rings. The lowest BCUT2D eigenvalue weighted by Gasteiger charge is -2.21. The number of aromatic nitrogens is 1. The molecule has 0 saturated carbocycles. The zero-order chi connectivity index (χ0) is 14.5. The van der Waals surface area contributed by atoms with Gasteiger partial charge < -0.3 is 19.9 Å². The van der Waals surface area contributed by atoms with E-state index in [4.69, 9.17) is 15.0 Å². The lowest BCUT2D eigenvalue weighted by atomic mass is 10.2. The Kier molecular flexibility index (Phi) is 4.37. The molecule has 2 N–H and O–H groups in total. The first-order valence-electron chi connectivity index (χ1n) is 6.28. The molecule has 1 amide bonds. The van der Waals surface area contributed by atoms with Gasteiger partial charge in [-0.1, -0.05) is 17.3 Å². The Bertz CT molecular complexity index is 595. The number of amides is 1. The maximum Gasteiger partial charge on any atom is 0.280 e. The van der Waals surface area contributed by atoms with Crippen LogP contribution in [0.4, 0.5) is 11.4 Å². The third-order valence-electron chi connectivity index (χ3n) is 2.85. The molecular formula is C14H17N3O3. The Morgan fingerprint density at radius 3 is 2.85 bits per heavy atom. The number of nitrogen functional groups attached to an aromatic ring is 1. The first kappa shape index (κ1) is 14.1. The van der Waals surface area contributed by atoms with Crippen LogP contribution in [0.5, 0.6) is 0 Å². The van der Waals surface area contributed by atoms with Crippen LogP contribution in [0.25, 0.3) is 0 Å². The molecule has 106 valence electrons. The topological polar surface area (TPSA) is 81.6 Å². The standard InChI is InChI=1S/C14H17N3O3/c1-3-17(13-7-5-4-6-11(13)15)14(18)12-8-10(9-19-2)20-16-12/h4-8H,3,9,15H2,1-2H3. The molecule has 2 aromatic rings. The van der Waals surface area contributed by atoms with Crippen LogP contribution in [-0.4, -0.2) is 24.7 Å². The second-order valence-electron chi connectivity index (χ2n) is 4.22. The number of hydrogen-bond donors (Lipinski definition) is 1. The van der Waals surface area contributed by atoms with Crippen molar-refractivity contribution in [2.75, 3.05) is 24.3 Å². The molecule has 0 aliphatic rings. The van der Waals surface area contributed by atoms with Gasteiger partial charge in [0.1, 0.15) is 6.61 Å². The molecule has 6 nitrogen and oxygen atoms in total. The molecule has 0 unspecified atom stereocenters. The highest BCUT2D eigenvalue weighted by molar-refractivity contribution is 6.06. The van der Waals surface area contributed by atoms with E-state index in [1.807, 2.05) is 19.1 Å². The van der Waals surface area contributed by atoms with Gasteiger partial charge in [-0.3, -0.25) is 4.79 Å². The Balaban J connectivity index is 2.27. The van der Waals surface area contributed by atoms with Gasteiger partial charge in [0.05, 0.1) is 11.4 Å². The molecule has 0 saturated heterocycles. The van der Waals surface area contributed by atoms with Crippen molar-refractivity contribution < 1.29 is 14.1 Å². The van der Waals surface area contributed by atoms with Gasteiger partial charge in [-0.15, -0.1) is 0 Å². The Labute approximate surface area is 117 Å². The summed E-state index contributed by atoms with van der Waals surface area (Å²) in [6.07, 6.45) is 0. The summed E-state index contributed by atoms with van der Waals surface area (Å²) in [6, 6.07) is 8.79. The molecule has 0 atom stereocenters. The fourth-order valence-corrected chi connectivity index (χ4v) is 1.92. The van der Waals surface area contributed by atoms with E-state index in [2.05, 4.69) is 5.16 Å². The van der Waals surface area contributed by atoms with E-state index in [9.17, 15) is 4.79 Å². The van der Waals surface area contributed by atoms with E-state index in [-0.39, 0.29) is 18.2 Å². The predicted molar refractivity (Wildman–Crippen MR) is 75.4 cm³/mol. The van der Waals surface area contributed by atoms with Gasteiger partial charge in [0, 0.05) is 19.7 Å². The van der Waals surface area contributed by atoms with Crippen molar-refractivity contribution in [2.45, 2.75) is 13.5 Å². The van der Waals surface area contributed by atoms with Gasteiger partial charge in [0.2, 0.25) is 0 Å². The number of nitrogens with zero attached hydrogens (tertiary/aromatic N) is 2. The zero-order valence-corrected chi connectivity index (χ0v) is 11.5. The van der Waals surface area contributed by atoms with Crippen molar-refractivity contribution in [3.8, 4) is 0 Å². The summed E-state index contributed by atoms with van der Waals surface area (Å²) in [7, 11) is 1.55. The molecule has 0 bridgehead atoms. The van der Waals surface area contributed by atoms with Gasteiger partial charge in [-0.25, -0.2) is 0 Å². The summed E-state index contributed by atoms with van der Waals surface area (Å²) in [5.41, 5.74) is 7.35. The summed E-state index contributed by atoms with van der Waals surface area (Å²) in [6.45, 7) is 2.64. The first-order chi connectivity index (χ1) is 9.67. The number of nitrogens with two attached hydrogens (primary N) is 1. The van der Waals surface area contributed by atoms with Gasteiger partial charge in [0.25, 0.3) is 5.91 Å². The zero-order valence-electron chi connectivity index (χ0n) is 11.5. The summed E-state index contributed by atoms with van der Waals surface area (Å²) in [4.78, 5) is 14.0. The van der Waals surface area contributed by atoms with Crippen LogP contribution in [-0.2, 0) is 11.3 Å². The molecule has 0 radical (unpaired) electrons. The number of anilines is 2. The average molecular weight is 275 g/mol. The third kappa shape index (κ3) is 2.80. The molecule has 1 heterocycles. The maximum atomic E-state index is 12.5. The smallest absolute Gasteiger partial charge is 0.280 e. The van der Waals surface area contributed by atoms with Crippen LogP contribution < -0.4 is 10.6 Å². The predicted octanol–water partition coefficient (Wildman–Crippen LogP) is 2.07. The van der Waals surface area contributed by atoms with Gasteiger partial charge in [-0.05, 0) is 19.1 Å². The molecule has 1 aromatic heterocycles. The molecular weight excluding hydrogens is 258 g/mol. The van der Waals surface area contributed by atoms with E-state index in [0.717, 1.165) is 0 Å². The number of methoxy groups -OCH3 is 1. The van der Waals surface area contributed by atoms with E-state index < -0.39 is 0 Å². The maximum absolute atomic E-state index is 12.5. The van der Waals surface area contributed by atoms with E-state index >= 15 is 0 Å². The highest BCUT2D eigenvalue weighted by atomic mass is 16.5. The average Bonchev–Trinajstić information content (AvgIpc) is 2.90. The number of hydrogen-bond acceptors (Lipinski definition) is 5. The quantitative estimate of drug-likeness (QED) is 0.845. The van der Waals surface area contributed by atoms with E-state index in [1.165, 1.54) is 0 Å². The SMILES string of the molecule is CCN(C(=O)c1cc(COC)on1)c1ccccc1N. The van der Waals surface area contributed by atoms with Crippen molar-refractivity contribution in [2.24, 2.45) is 0 Å².